The van der Waals surface area contributed by atoms with E-state index in [0.717, 1.165) is 56.9 Å². The highest BCUT2D eigenvalue weighted by Gasteiger charge is 2.43. The Bertz CT molecular complexity index is 1110. The first kappa shape index (κ1) is 26.3. The number of fused-ring (bicyclic) bond motifs is 3. The van der Waals surface area contributed by atoms with E-state index >= 15 is 0 Å². The molecule has 5 rings (SSSR count). The van der Waals surface area contributed by atoms with Gasteiger partial charge in [-0.2, -0.15) is 13.2 Å². The third-order valence-electron chi connectivity index (χ3n) is 9.27. The van der Waals surface area contributed by atoms with E-state index in [1.165, 1.54) is 6.07 Å². The number of rotatable bonds is 6. The second-order valence-electron chi connectivity index (χ2n) is 11.5. The van der Waals surface area contributed by atoms with Crippen LogP contribution in [0.3, 0.4) is 0 Å². The first-order valence-electron chi connectivity index (χ1n) is 14.0. The number of piperidine rings is 2. The molecule has 2 saturated heterocycles. The fraction of sp³-hybridized carbons (Fsp3) is 0.633. The zero-order valence-electron chi connectivity index (χ0n) is 21.8. The molecule has 2 bridgehead atoms. The Morgan fingerprint density at radius 2 is 1.70 bits per heavy atom. The zero-order chi connectivity index (χ0) is 26.3. The molecule has 1 N–H and O–H groups in total. The van der Waals surface area contributed by atoms with Crippen molar-refractivity contribution in [3.63, 3.8) is 0 Å². The Kier molecular flexibility index (Phi) is 7.45. The summed E-state index contributed by atoms with van der Waals surface area (Å²) in [4.78, 5) is 14.1. The van der Waals surface area contributed by atoms with E-state index in [0.29, 0.717) is 24.1 Å². The molecule has 4 nitrogen and oxygen atoms in total. The maximum absolute atomic E-state index is 14.5. The van der Waals surface area contributed by atoms with Gasteiger partial charge in [0.15, 0.2) is 0 Å². The largest absolute Gasteiger partial charge is 0.490 e. The molecule has 1 aliphatic carbocycles. The predicted octanol–water partition coefficient (Wildman–Crippen LogP) is 7.98. The van der Waals surface area contributed by atoms with Gasteiger partial charge in [0.1, 0.15) is 11.3 Å². The standard InChI is InChI=1S/C30H38F3NO3/c1-3-19-7-12-25(13-8-19)37-27-14-11-20-9-10-21(17-26(20)28(27)30(31,32)33)18(2)34-23-5-4-6-24(34)16-22(15-23)29(35)36/h9-11,14,17-19,22-25H,3-8,12-13,15-16H2,1-2H3,(H,35,36)/t18-,19-,22?,23?,24?,25+/m0/s1. The average Bonchev–Trinajstić information content (AvgIpc) is 2.86. The number of carbonyl (C=O) groups is 1. The van der Waals surface area contributed by atoms with Gasteiger partial charge in [0.25, 0.3) is 0 Å². The highest BCUT2D eigenvalue weighted by atomic mass is 19.4. The molecular weight excluding hydrogens is 479 g/mol. The molecule has 3 atom stereocenters. The minimum Gasteiger partial charge on any atom is -0.490 e. The Hall–Kier alpha value is -2.28. The van der Waals surface area contributed by atoms with Crippen molar-refractivity contribution >= 4 is 16.7 Å². The number of carboxylic acid groups (broad SMARTS) is 1. The zero-order valence-corrected chi connectivity index (χ0v) is 21.8. The molecule has 3 aliphatic rings. The third kappa shape index (κ3) is 5.34. The van der Waals surface area contributed by atoms with Crippen LogP contribution in [0, 0.1) is 11.8 Å². The maximum atomic E-state index is 14.5. The van der Waals surface area contributed by atoms with Crippen molar-refractivity contribution in [2.24, 2.45) is 11.8 Å². The van der Waals surface area contributed by atoms with Crippen LogP contribution in [-0.4, -0.2) is 34.2 Å². The van der Waals surface area contributed by atoms with E-state index < -0.39 is 17.7 Å². The van der Waals surface area contributed by atoms with E-state index in [-0.39, 0.29) is 41.3 Å². The molecule has 0 spiro atoms. The van der Waals surface area contributed by atoms with Gasteiger partial charge in [0.05, 0.1) is 12.0 Å². The van der Waals surface area contributed by atoms with Crippen LogP contribution in [0.1, 0.15) is 95.2 Å². The van der Waals surface area contributed by atoms with Gasteiger partial charge < -0.3 is 9.84 Å². The summed E-state index contributed by atoms with van der Waals surface area (Å²) in [6.07, 6.45) is 4.12. The molecule has 0 radical (unpaired) electrons. The van der Waals surface area contributed by atoms with Gasteiger partial charge >= 0.3 is 12.1 Å². The summed E-state index contributed by atoms with van der Waals surface area (Å²) < 4.78 is 49.5. The van der Waals surface area contributed by atoms with Crippen LogP contribution in [0.4, 0.5) is 13.2 Å². The molecule has 37 heavy (non-hydrogen) atoms. The molecule has 3 fully saturated rings. The Morgan fingerprint density at radius 1 is 1.05 bits per heavy atom. The molecule has 2 aliphatic heterocycles. The van der Waals surface area contributed by atoms with Crippen LogP contribution in [0.15, 0.2) is 30.3 Å². The average molecular weight is 518 g/mol. The van der Waals surface area contributed by atoms with Crippen LogP contribution in [0.5, 0.6) is 5.75 Å². The van der Waals surface area contributed by atoms with Crippen molar-refractivity contribution in [2.45, 2.75) is 108 Å². The first-order valence-corrected chi connectivity index (χ1v) is 14.0. The number of benzene rings is 2. The third-order valence-corrected chi connectivity index (χ3v) is 9.27. The number of nitrogens with zero attached hydrogens (tertiary/aromatic N) is 1. The second-order valence-corrected chi connectivity index (χ2v) is 11.5. The molecule has 202 valence electrons. The number of aliphatic carboxylic acids is 1. The van der Waals surface area contributed by atoms with Gasteiger partial charge in [-0.25, -0.2) is 0 Å². The Labute approximate surface area is 217 Å². The SMILES string of the molecule is CC[C@H]1CC[C@@H](Oc2ccc3ccc([C@H](C)N4C5CCCC4CC(C(=O)O)C5)cc3c2C(F)(F)F)CC1. The number of carboxylic acids is 1. The number of ether oxygens (including phenoxy) is 1. The molecular formula is C30H38F3NO3. The van der Waals surface area contributed by atoms with Crippen molar-refractivity contribution in [3.8, 4) is 5.75 Å². The van der Waals surface area contributed by atoms with Crippen LogP contribution in [-0.2, 0) is 11.0 Å². The fourth-order valence-corrected chi connectivity index (χ4v) is 7.23. The smallest absolute Gasteiger partial charge is 0.420 e. The molecule has 1 saturated carbocycles. The summed E-state index contributed by atoms with van der Waals surface area (Å²) in [6.45, 7) is 4.21. The lowest BCUT2D eigenvalue weighted by Gasteiger charge is -2.51. The number of hydrogen-bond acceptors (Lipinski definition) is 3. The minimum absolute atomic E-state index is 0.0658. The van der Waals surface area contributed by atoms with Gasteiger partial charge in [0.2, 0.25) is 0 Å². The van der Waals surface area contributed by atoms with E-state index in [2.05, 4.69) is 11.8 Å². The van der Waals surface area contributed by atoms with E-state index in [9.17, 15) is 23.1 Å². The lowest BCUT2D eigenvalue weighted by molar-refractivity contribution is -0.147. The maximum Gasteiger partial charge on any atom is 0.420 e. The summed E-state index contributed by atoms with van der Waals surface area (Å²) in [5.41, 5.74) is 0.158. The highest BCUT2D eigenvalue weighted by molar-refractivity contribution is 5.89. The second kappa shape index (κ2) is 10.5. The Balaban J connectivity index is 1.46. The number of halogens is 3. The summed E-state index contributed by atoms with van der Waals surface area (Å²) in [7, 11) is 0. The molecule has 2 unspecified atom stereocenters. The summed E-state index contributed by atoms with van der Waals surface area (Å²) >= 11 is 0. The predicted molar refractivity (Wildman–Crippen MR) is 138 cm³/mol. The van der Waals surface area contributed by atoms with E-state index in [1.807, 2.05) is 13.0 Å². The number of alkyl halides is 3. The first-order chi connectivity index (χ1) is 17.7. The molecule has 0 aromatic heterocycles. The number of hydrogen-bond donors (Lipinski definition) is 1. The van der Waals surface area contributed by atoms with Crippen molar-refractivity contribution < 1.29 is 27.8 Å². The molecule has 2 aromatic carbocycles. The van der Waals surface area contributed by atoms with Crippen LogP contribution < -0.4 is 4.74 Å². The van der Waals surface area contributed by atoms with E-state index in [4.69, 9.17) is 4.74 Å². The lowest BCUT2D eigenvalue weighted by Crippen LogP contribution is -2.53. The van der Waals surface area contributed by atoms with Crippen molar-refractivity contribution in [1.29, 1.82) is 0 Å². The normalized spacial score (nSPS) is 29.7. The van der Waals surface area contributed by atoms with Crippen molar-refractivity contribution in [3.05, 3.63) is 41.5 Å². The summed E-state index contributed by atoms with van der Waals surface area (Å²) in [5, 5.41) is 10.3. The topological polar surface area (TPSA) is 49.8 Å². The van der Waals surface area contributed by atoms with Gasteiger partial charge in [0, 0.05) is 18.1 Å². The molecule has 0 amide bonds. The Morgan fingerprint density at radius 3 is 2.30 bits per heavy atom. The summed E-state index contributed by atoms with van der Waals surface area (Å²) in [6, 6.07) is 8.83. The molecule has 2 aromatic rings. The van der Waals surface area contributed by atoms with Crippen molar-refractivity contribution in [1.82, 2.24) is 4.90 Å². The van der Waals surface area contributed by atoms with Crippen molar-refractivity contribution in [2.75, 3.05) is 0 Å². The highest BCUT2D eigenvalue weighted by Crippen LogP contribution is 2.45. The molecule has 7 heteroatoms. The quantitative estimate of drug-likeness (QED) is 0.422. The van der Waals surface area contributed by atoms with E-state index in [1.54, 1.807) is 18.2 Å². The molecule has 2 heterocycles. The lowest BCUT2D eigenvalue weighted by atomic mass is 9.77. The van der Waals surface area contributed by atoms with Gasteiger partial charge in [-0.1, -0.05) is 38.0 Å². The van der Waals surface area contributed by atoms with Gasteiger partial charge in [-0.3, -0.25) is 9.69 Å². The van der Waals surface area contributed by atoms with Gasteiger partial charge in [-0.15, -0.1) is 0 Å². The fourth-order valence-electron chi connectivity index (χ4n) is 7.23. The van der Waals surface area contributed by atoms with Gasteiger partial charge in [-0.05, 0) is 92.7 Å². The van der Waals surface area contributed by atoms with Crippen LogP contribution >= 0.6 is 0 Å². The van der Waals surface area contributed by atoms with Crippen LogP contribution in [0.25, 0.3) is 10.8 Å². The van der Waals surface area contributed by atoms with Crippen LogP contribution in [0.2, 0.25) is 0 Å². The monoisotopic (exact) mass is 517 g/mol. The summed E-state index contributed by atoms with van der Waals surface area (Å²) in [5.74, 6) is -0.494. The minimum atomic E-state index is -4.53.